The van der Waals surface area contributed by atoms with E-state index in [9.17, 15) is 15.2 Å². The summed E-state index contributed by atoms with van der Waals surface area (Å²) < 4.78 is 10.1. The minimum atomic E-state index is -0.749. The van der Waals surface area contributed by atoms with Crippen LogP contribution < -0.4 is 9.47 Å². The van der Waals surface area contributed by atoms with Crippen LogP contribution in [0.15, 0.2) is 12.1 Å². The number of nitrogens with zero attached hydrogens (tertiary/aromatic N) is 1. The number of ether oxygens (including phenoxy) is 2. The zero-order chi connectivity index (χ0) is 11.0. The molecule has 2 rings (SSSR count). The highest BCUT2D eigenvalue weighted by molar-refractivity contribution is 5.61. The third-order valence-electron chi connectivity index (χ3n) is 2.18. The van der Waals surface area contributed by atoms with E-state index >= 15 is 0 Å². The van der Waals surface area contributed by atoms with Gasteiger partial charge in [0, 0.05) is 11.6 Å². The minimum Gasteiger partial charge on any atom is -0.453 e. The Balaban J connectivity index is 2.58. The molecule has 1 atom stereocenters. The van der Waals surface area contributed by atoms with Crippen LogP contribution in [-0.4, -0.2) is 16.8 Å². The van der Waals surface area contributed by atoms with Crippen molar-refractivity contribution in [2.75, 3.05) is 6.79 Å². The summed E-state index contributed by atoms with van der Waals surface area (Å²) in [5.74, 6) is 0.359. The molecule has 0 fully saturated rings. The summed E-state index contributed by atoms with van der Waals surface area (Å²) in [6.45, 7) is 1.50. The summed E-state index contributed by atoms with van der Waals surface area (Å²) in [5.41, 5.74) is 0.347. The molecule has 1 aromatic carbocycles. The maximum Gasteiger partial charge on any atom is 0.315 e. The second-order valence-electron chi connectivity index (χ2n) is 3.17. The predicted molar refractivity (Wildman–Crippen MR) is 49.9 cm³/mol. The number of rotatable bonds is 2. The Morgan fingerprint density at radius 2 is 2.13 bits per heavy atom. The van der Waals surface area contributed by atoms with E-state index in [-0.39, 0.29) is 24.0 Å². The molecule has 0 radical (unpaired) electrons. The molecule has 6 nitrogen and oxygen atoms in total. The first kappa shape index (κ1) is 9.72. The van der Waals surface area contributed by atoms with Crippen LogP contribution in [0.3, 0.4) is 0 Å². The average molecular weight is 211 g/mol. The van der Waals surface area contributed by atoms with Crippen molar-refractivity contribution in [2.45, 2.75) is 13.0 Å². The van der Waals surface area contributed by atoms with Gasteiger partial charge in [-0.25, -0.2) is 0 Å². The Morgan fingerprint density at radius 1 is 1.47 bits per heavy atom. The molecule has 1 unspecified atom stereocenters. The maximum absolute atomic E-state index is 10.6. The van der Waals surface area contributed by atoms with Crippen LogP contribution in [0.4, 0.5) is 5.69 Å². The lowest BCUT2D eigenvalue weighted by Crippen LogP contribution is -1.96. The van der Waals surface area contributed by atoms with E-state index in [0.717, 1.165) is 0 Å². The van der Waals surface area contributed by atoms with Gasteiger partial charge in [-0.05, 0) is 13.0 Å². The Hall–Kier alpha value is -1.82. The van der Waals surface area contributed by atoms with Crippen LogP contribution in [-0.2, 0) is 0 Å². The van der Waals surface area contributed by atoms with E-state index in [1.807, 2.05) is 0 Å². The van der Waals surface area contributed by atoms with Gasteiger partial charge in [-0.2, -0.15) is 0 Å². The van der Waals surface area contributed by atoms with Crippen molar-refractivity contribution in [3.8, 4) is 11.5 Å². The normalized spacial score (nSPS) is 15.1. The Labute approximate surface area is 85.2 Å². The van der Waals surface area contributed by atoms with Gasteiger partial charge in [0.2, 0.25) is 12.5 Å². The van der Waals surface area contributed by atoms with Crippen LogP contribution in [0.1, 0.15) is 18.6 Å². The summed E-state index contributed by atoms with van der Waals surface area (Å²) >= 11 is 0. The standard InChI is InChI=1S/C9H9NO5/c1-5(11)6-2-3-7(10(12)13)9-8(6)14-4-15-9/h2-3,5,11H,4H2,1H3. The molecule has 80 valence electrons. The highest BCUT2D eigenvalue weighted by Gasteiger charge is 2.29. The molecule has 15 heavy (non-hydrogen) atoms. The van der Waals surface area contributed by atoms with Crippen molar-refractivity contribution in [3.05, 3.63) is 27.8 Å². The number of fused-ring (bicyclic) bond motifs is 1. The molecule has 0 aliphatic carbocycles. The topological polar surface area (TPSA) is 81.8 Å². The number of nitro benzene ring substituents is 1. The van der Waals surface area contributed by atoms with Gasteiger partial charge in [-0.3, -0.25) is 10.1 Å². The first-order chi connectivity index (χ1) is 7.11. The molecular formula is C9H9NO5. The quantitative estimate of drug-likeness (QED) is 0.590. The minimum absolute atomic E-state index is 0.0556. The largest absolute Gasteiger partial charge is 0.453 e. The molecule has 1 heterocycles. The van der Waals surface area contributed by atoms with Crippen LogP contribution in [0.2, 0.25) is 0 Å². The molecule has 1 aliphatic heterocycles. The van der Waals surface area contributed by atoms with Crippen molar-refractivity contribution in [2.24, 2.45) is 0 Å². The monoisotopic (exact) mass is 211 g/mol. The van der Waals surface area contributed by atoms with Crippen molar-refractivity contribution < 1.29 is 19.5 Å². The lowest BCUT2D eigenvalue weighted by atomic mass is 10.1. The fourth-order valence-corrected chi connectivity index (χ4v) is 1.48. The fraction of sp³-hybridized carbons (Fsp3) is 0.333. The Morgan fingerprint density at radius 3 is 2.73 bits per heavy atom. The van der Waals surface area contributed by atoms with E-state index in [1.165, 1.54) is 12.1 Å². The number of aliphatic hydroxyl groups is 1. The van der Waals surface area contributed by atoms with Gasteiger partial charge in [0.25, 0.3) is 0 Å². The predicted octanol–water partition coefficient (Wildman–Crippen LogP) is 1.38. The summed E-state index contributed by atoms with van der Waals surface area (Å²) in [6, 6.07) is 2.77. The SMILES string of the molecule is CC(O)c1ccc([N+](=O)[O-])c2c1OCO2. The molecule has 0 amide bonds. The molecule has 0 spiro atoms. The number of benzene rings is 1. The lowest BCUT2D eigenvalue weighted by molar-refractivity contribution is -0.385. The van der Waals surface area contributed by atoms with Crippen LogP contribution >= 0.6 is 0 Å². The number of hydrogen-bond donors (Lipinski definition) is 1. The van der Waals surface area contributed by atoms with E-state index in [2.05, 4.69) is 0 Å². The zero-order valence-corrected chi connectivity index (χ0v) is 7.97. The van der Waals surface area contributed by atoms with Gasteiger partial charge in [-0.1, -0.05) is 0 Å². The van der Waals surface area contributed by atoms with Crippen molar-refractivity contribution in [3.63, 3.8) is 0 Å². The highest BCUT2D eigenvalue weighted by Crippen LogP contribution is 2.44. The third kappa shape index (κ3) is 1.48. The first-order valence-electron chi connectivity index (χ1n) is 4.36. The van der Waals surface area contributed by atoms with Crippen molar-refractivity contribution in [1.29, 1.82) is 0 Å². The summed E-state index contributed by atoms with van der Waals surface area (Å²) in [7, 11) is 0. The third-order valence-corrected chi connectivity index (χ3v) is 2.18. The maximum atomic E-state index is 10.6. The van der Waals surface area contributed by atoms with Gasteiger partial charge in [0.05, 0.1) is 11.0 Å². The van der Waals surface area contributed by atoms with Gasteiger partial charge in [0.1, 0.15) is 0 Å². The molecule has 0 bridgehead atoms. The van der Waals surface area contributed by atoms with E-state index < -0.39 is 11.0 Å². The molecule has 0 aromatic heterocycles. The molecule has 0 saturated heterocycles. The van der Waals surface area contributed by atoms with E-state index in [1.54, 1.807) is 6.92 Å². The molecule has 1 aromatic rings. The number of hydrogen-bond acceptors (Lipinski definition) is 5. The van der Waals surface area contributed by atoms with Gasteiger partial charge in [-0.15, -0.1) is 0 Å². The van der Waals surface area contributed by atoms with E-state index in [4.69, 9.17) is 9.47 Å². The van der Waals surface area contributed by atoms with Crippen LogP contribution in [0.5, 0.6) is 11.5 Å². The van der Waals surface area contributed by atoms with Crippen LogP contribution in [0, 0.1) is 10.1 Å². The molecular weight excluding hydrogens is 202 g/mol. The Bertz CT molecular complexity index is 415. The fourth-order valence-electron chi connectivity index (χ4n) is 1.48. The molecule has 6 heteroatoms. The van der Waals surface area contributed by atoms with Crippen molar-refractivity contribution in [1.82, 2.24) is 0 Å². The zero-order valence-electron chi connectivity index (χ0n) is 7.97. The summed E-state index contributed by atoms with van der Waals surface area (Å²) in [5, 5.41) is 20.1. The van der Waals surface area contributed by atoms with E-state index in [0.29, 0.717) is 5.56 Å². The highest BCUT2D eigenvalue weighted by atomic mass is 16.7. The second kappa shape index (κ2) is 3.39. The molecule has 1 aliphatic rings. The number of aliphatic hydroxyl groups excluding tert-OH is 1. The lowest BCUT2D eigenvalue weighted by Gasteiger charge is -2.07. The summed E-state index contributed by atoms with van der Waals surface area (Å²) in [6.07, 6.45) is -0.749. The second-order valence-corrected chi connectivity index (χ2v) is 3.17. The smallest absolute Gasteiger partial charge is 0.315 e. The Kier molecular flexibility index (Phi) is 2.20. The van der Waals surface area contributed by atoms with Gasteiger partial charge < -0.3 is 14.6 Å². The van der Waals surface area contributed by atoms with Gasteiger partial charge in [0.15, 0.2) is 5.75 Å². The van der Waals surface area contributed by atoms with Crippen molar-refractivity contribution >= 4 is 5.69 Å². The first-order valence-corrected chi connectivity index (χ1v) is 4.36. The number of nitro groups is 1. The average Bonchev–Trinajstić information content (AvgIpc) is 2.63. The molecule has 1 N–H and O–H groups in total. The molecule has 0 saturated carbocycles. The van der Waals surface area contributed by atoms with Crippen LogP contribution in [0.25, 0.3) is 0 Å². The summed E-state index contributed by atoms with van der Waals surface area (Å²) in [4.78, 5) is 10.1. The van der Waals surface area contributed by atoms with Gasteiger partial charge >= 0.3 is 5.69 Å².